The lowest BCUT2D eigenvalue weighted by Gasteiger charge is -2.18. The number of hydrogen-bond donors (Lipinski definition) is 3. The summed E-state index contributed by atoms with van der Waals surface area (Å²) in [6, 6.07) is 4.66. The second kappa shape index (κ2) is 8.33. The van der Waals surface area contributed by atoms with Crippen LogP contribution in [0.1, 0.15) is 53.0 Å². The minimum absolute atomic E-state index is 0.00395. The van der Waals surface area contributed by atoms with E-state index in [0.717, 1.165) is 6.42 Å². The minimum Gasteiger partial charge on any atom is -0.507 e. The molecule has 0 aliphatic heterocycles. The number of aromatic hydroxyl groups is 1. The standard InChI is InChI=1S/C17H25N3O4/c1-6-7-15(22)18-12-8-9-14(21)13(10-12)11(2)19-20-16(23)24-17(3,4)5/h8-10,21H,6-7H2,1-5H3,(H,18,22)(H,20,23). The Hall–Kier alpha value is -2.57. The number of anilines is 1. The van der Waals surface area contributed by atoms with E-state index < -0.39 is 11.7 Å². The van der Waals surface area contributed by atoms with Crippen molar-refractivity contribution in [3.63, 3.8) is 0 Å². The average Bonchev–Trinajstić information content (AvgIpc) is 2.45. The molecule has 0 bridgehead atoms. The molecule has 0 aromatic heterocycles. The maximum Gasteiger partial charge on any atom is 0.428 e. The summed E-state index contributed by atoms with van der Waals surface area (Å²) in [5, 5.41) is 16.6. The fourth-order valence-electron chi connectivity index (χ4n) is 1.84. The first-order valence-electron chi connectivity index (χ1n) is 7.79. The van der Waals surface area contributed by atoms with Crippen LogP contribution in [0.3, 0.4) is 0 Å². The molecule has 0 saturated heterocycles. The van der Waals surface area contributed by atoms with Gasteiger partial charge in [-0.2, -0.15) is 5.10 Å². The summed E-state index contributed by atoms with van der Waals surface area (Å²) in [6.07, 6.45) is 0.481. The number of nitrogens with one attached hydrogen (secondary N) is 2. The van der Waals surface area contributed by atoms with Crippen LogP contribution in [0.4, 0.5) is 10.5 Å². The van der Waals surface area contributed by atoms with Gasteiger partial charge in [-0.25, -0.2) is 10.2 Å². The molecule has 0 aliphatic rings. The molecule has 0 aliphatic carbocycles. The van der Waals surface area contributed by atoms with Crippen molar-refractivity contribution in [2.24, 2.45) is 5.10 Å². The average molecular weight is 335 g/mol. The smallest absolute Gasteiger partial charge is 0.428 e. The van der Waals surface area contributed by atoms with Crippen molar-refractivity contribution in [2.75, 3.05) is 5.32 Å². The van der Waals surface area contributed by atoms with E-state index in [-0.39, 0.29) is 11.7 Å². The molecular formula is C17H25N3O4. The molecule has 0 heterocycles. The molecular weight excluding hydrogens is 310 g/mol. The van der Waals surface area contributed by atoms with E-state index in [2.05, 4.69) is 15.8 Å². The van der Waals surface area contributed by atoms with Gasteiger partial charge in [-0.1, -0.05) is 6.92 Å². The van der Waals surface area contributed by atoms with E-state index in [0.29, 0.717) is 23.4 Å². The van der Waals surface area contributed by atoms with Gasteiger partial charge in [0.05, 0.1) is 5.71 Å². The lowest BCUT2D eigenvalue weighted by molar-refractivity contribution is -0.116. The summed E-state index contributed by atoms with van der Waals surface area (Å²) in [5.74, 6) is -0.105. The van der Waals surface area contributed by atoms with E-state index in [1.807, 2.05) is 6.92 Å². The summed E-state index contributed by atoms with van der Waals surface area (Å²) in [7, 11) is 0. The van der Waals surface area contributed by atoms with Gasteiger partial charge in [0.1, 0.15) is 11.4 Å². The lowest BCUT2D eigenvalue weighted by Crippen LogP contribution is -2.30. The Morgan fingerprint density at radius 3 is 2.54 bits per heavy atom. The van der Waals surface area contributed by atoms with Crippen LogP contribution >= 0.6 is 0 Å². The SMILES string of the molecule is CCCC(=O)Nc1ccc(O)c(C(C)=NNC(=O)OC(C)(C)C)c1. The summed E-state index contributed by atoms with van der Waals surface area (Å²) in [5.41, 5.74) is 2.98. The van der Waals surface area contributed by atoms with Gasteiger partial charge in [-0.05, 0) is 52.3 Å². The van der Waals surface area contributed by atoms with Crippen LogP contribution in [-0.2, 0) is 9.53 Å². The maximum atomic E-state index is 11.6. The Morgan fingerprint density at radius 1 is 1.29 bits per heavy atom. The normalized spacial score (nSPS) is 11.8. The molecule has 0 radical (unpaired) electrons. The number of rotatable bonds is 5. The second-order valence-electron chi connectivity index (χ2n) is 6.34. The third kappa shape index (κ3) is 6.68. The van der Waals surface area contributed by atoms with E-state index >= 15 is 0 Å². The number of phenolic OH excluding ortho intramolecular Hbond substituents is 1. The first kappa shape index (κ1) is 19.5. The van der Waals surface area contributed by atoms with Crippen LogP contribution in [0.5, 0.6) is 5.75 Å². The number of hydrazone groups is 1. The monoisotopic (exact) mass is 335 g/mol. The van der Waals surface area contributed by atoms with Crippen molar-refractivity contribution >= 4 is 23.4 Å². The molecule has 0 unspecified atom stereocenters. The molecule has 0 spiro atoms. The highest BCUT2D eigenvalue weighted by molar-refractivity contribution is 6.03. The maximum absolute atomic E-state index is 11.6. The molecule has 0 atom stereocenters. The van der Waals surface area contributed by atoms with Gasteiger partial charge in [0, 0.05) is 17.7 Å². The molecule has 2 amide bonds. The van der Waals surface area contributed by atoms with Gasteiger partial charge in [0.2, 0.25) is 5.91 Å². The predicted molar refractivity (Wildman–Crippen MR) is 93.2 cm³/mol. The zero-order chi connectivity index (χ0) is 18.3. The van der Waals surface area contributed by atoms with Gasteiger partial charge in [0.25, 0.3) is 0 Å². The summed E-state index contributed by atoms with van der Waals surface area (Å²) in [4.78, 5) is 23.3. The third-order valence-corrected chi connectivity index (χ3v) is 2.86. The molecule has 7 nitrogen and oxygen atoms in total. The fraction of sp³-hybridized carbons (Fsp3) is 0.471. The number of carbonyl (C=O) groups is 2. The number of carbonyl (C=O) groups excluding carboxylic acids is 2. The Bertz CT molecular complexity index is 633. The van der Waals surface area contributed by atoms with Crippen LogP contribution in [0, 0.1) is 0 Å². The van der Waals surface area contributed by atoms with Gasteiger partial charge < -0.3 is 15.2 Å². The molecule has 132 valence electrons. The number of benzene rings is 1. The zero-order valence-electron chi connectivity index (χ0n) is 14.8. The molecule has 7 heteroatoms. The first-order chi connectivity index (χ1) is 11.1. The summed E-state index contributed by atoms with van der Waals surface area (Å²) >= 11 is 0. The molecule has 24 heavy (non-hydrogen) atoms. The van der Waals surface area contributed by atoms with Crippen LogP contribution in [-0.4, -0.2) is 28.4 Å². The van der Waals surface area contributed by atoms with Gasteiger partial charge >= 0.3 is 6.09 Å². The van der Waals surface area contributed by atoms with Gasteiger partial charge in [0.15, 0.2) is 0 Å². The predicted octanol–water partition coefficient (Wildman–Crippen LogP) is 3.38. The number of ether oxygens (including phenoxy) is 1. The van der Waals surface area contributed by atoms with E-state index in [1.54, 1.807) is 39.8 Å². The molecule has 0 saturated carbocycles. The largest absolute Gasteiger partial charge is 0.507 e. The number of nitrogens with zero attached hydrogens (tertiary/aromatic N) is 1. The number of hydrogen-bond acceptors (Lipinski definition) is 5. The van der Waals surface area contributed by atoms with Crippen molar-refractivity contribution in [1.29, 1.82) is 0 Å². The van der Waals surface area contributed by atoms with E-state index in [1.165, 1.54) is 6.07 Å². The molecule has 1 rings (SSSR count). The quantitative estimate of drug-likeness (QED) is 0.436. The summed E-state index contributed by atoms with van der Waals surface area (Å²) < 4.78 is 5.08. The first-order valence-corrected chi connectivity index (χ1v) is 7.79. The Morgan fingerprint density at radius 2 is 1.96 bits per heavy atom. The second-order valence-corrected chi connectivity index (χ2v) is 6.34. The minimum atomic E-state index is -0.686. The van der Waals surface area contributed by atoms with Crippen molar-refractivity contribution < 1.29 is 19.4 Å². The van der Waals surface area contributed by atoms with E-state index in [4.69, 9.17) is 4.74 Å². The van der Waals surface area contributed by atoms with Crippen LogP contribution in [0.2, 0.25) is 0 Å². The van der Waals surface area contributed by atoms with Crippen LogP contribution < -0.4 is 10.7 Å². The summed E-state index contributed by atoms with van der Waals surface area (Å²) in [6.45, 7) is 8.79. The lowest BCUT2D eigenvalue weighted by atomic mass is 10.1. The Kier molecular flexibility index (Phi) is 6.76. The molecule has 0 fully saturated rings. The third-order valence-electron chi connectivity index (χ3n) is 2.86. The van der Waals surface area contributed by atoms with Crippen molar-refractivity contribution in [2.45, 2.75) is 53.1 Å². The zero-order valence-corrected chi connectivity index (χ0v) is 14.8. The molecule has 1 aromatic rings. The highest BCUT2D eigenvalue weighted by Crippen LogP contribution is 2.22. The highest BCUT2D eigenvalue weighted by Gasteiger charge is 2.16. The topological polar surface area (TPSA) is 100 Å². The van der Waals surface area contributed by atoms with Gasteiger partial charge in [-0.15, -0.1) is 0 Å². The van der Waals surface area contributed by atoms with Crippen molar-refractivity contribution in [3.8, 4) is 5.75 Å². The number of phenols is 1. The Balaban J connectivity index is 2.85. The molecule has 1 aromatic carbocycles. The van der Waals surface area contributed by atoms with Crippen molar-refractivity contribution in [1.82, 2.24) is 5.43 Å². The Labute approximate surface area is 142 Å². The van der Waals surface area contributed by atoms with Crippen molar-refractivity contribution in [3.05, 3.63) is 23.8 Å². The molecule has 3 N–H and O–H groups in total. The van der Waals surface area contributed by atoms with Crippen LogP contribution in [0.25, 0.3) is 0 Å². The number of amides is 2. The fourth-order valence-corrected chi connectivity index (χ4v) is 1.84. The van der Waals surface area contributed by atoms with E-state index in [9.17, 15) is 14.7 Å². The van der Waals surface area contributed by atoms with Gasteiger partial charge in [-0.3, -0.25) is 4.79 Å². The van der Waals surface area contributed by atoms with Crippen LogP contribution in [0.15, 0.2) is 23.3 Å². The highest BCUT2D eigenvalue weighted by atomic mass is 16.6.